The van der Waals surface area contributed by atoms with Gasteiger partial charge in [0.15, 0.2) is 5.78 Å². The van der Waals surface area contributed by atoms with E-state index >= 15 is 0 Å². The maximum atomic E-state index is 13.1. The molecule has 0 aliphatic heterocycles. The van der Waals surface area contributed by atoms with Gasteiger partial charge in [0.05, 0.1) is 6.20 Å². The zero-order valence-electron chi connectivity index (χ0n) is 10.5. The molecule has 0 fully saturated rings. The number of aromatic nitrogens is 1. The van der Waals surface area contributed by atoms with E-state index in [4.69, 9.17) is 0 Å². The molecule has 1 aliphatic rings. The van der Waals surface area contributed by atoms with Gasteiger partial charge in [-0.2, -0.15) is 0 Å². The Morgan fingerprint density at radius 1 is 1.21 bits per heavy atom. The van der Waals surface area contributed by atoms with Crippen LogP contribution >= 0.6 is 0 Å². The molecule has 0 saturated heterocycles. The van der Waals surface area contributed by atoms with Gasteiger partial charge in [-0.1, -0.05) is 24.3 Å². The number of hydrogen-bond donors (Lipinski definition) is 0. The van der Waals surface area contributed by atoms with Crippen LogP contribution in [0.5, 0.6) is 0 Å². The Labute approximate surface area is 111 Å². The summed E-state index contributed by atoms with van der Waals surface area (Å²) in [6.45, 7) is 0. The van der Waals surface area contributed by atoms with E-state index in [0.717, 1.165) is 25.5 Å². The average molecular weight is 255 g/mol. The third kappa shape index (κ3) is 2.41. The molecule has 1 unspecified atom stereocenters. The number of Topliss-reactive ketones (excluding diaryl/α,β-unsaturated/α-hetero) is 1. The Morgan fingerprint density at radius 2 is 2.00 bits per heavy atom. The van der Waals surface area contributed by atoms with Crippen LogP contribution in [0.3, 0.4) is 0 Å². The van der Waals surface area contributed by atoms with Crippen LogP contribution in [-0.2, 0) is 12.8 Å². The summed E-state index contributed by atoms with van der Waals surface area (Å²) >= 11 is 0. The zero-order chi connectivity index (χ0) is 13.2. The molecule has 1 aliphatic carbocycles. The quantitative estimate of drug-likeness (QED) is 0.771. The molecule has 1 aromatic carbocycles. The van der Waals surface area contributed by atoms with Gasteiger partial charge < -0.3 is 0 Å². The Kier molecular flexibility index (Phi) is 3.11. The summed E-state index contributed by atoms with van der Waals surface area (Å²) in [5.74, 6) is -0.512. The lowest BCUT2D eigenvalue weighted by molar-refractivity contribution is 0.0908. The minimum Gasteiger partial charge on any atom is -0.294 e. The second-order valence-electron chi connectivity index (χ2n) is 4.96. The maximum absolute atomic E-state index is 13.1. The number of carbonyl (C=O) groups is 1. The van der Waals surface area contributed by atoms with Crippen molar-refractivity contribution in [2.45, 2.75) is 19.3 Å². The van der Waals surface area contributed by atoms with E-state index in [-0.39, 0.29) is 11.7 Å². The van der Waals surface area contributed by atoms with Crippen LogP contribution in [0.25, 0.3) is 0 Å². The second kappa shape index (κ2) is 4.92. The monoisotopic (exact) mass is 255 g/mol. The van der Waals surface area contributed by atoms with Crippen LogP contribution in [0.4, 0.5) is 4.39 Å². The SMILES string of the molecule is O=C(c1cncc(F)c1)C1CCc2ccccc2C1. The van der Waals surface area contributed by atoms with Gasteiger partial charge in [0.2, 0.25) is 0 Å². The molecule has 0 saturated carbocycles. The summed E-state index contributed by atoms with van der Waals surface area (Å²) in [7, 11) is 0. The van der Waals surface area contributed by atoms with E-state index in [1.807, 2.05) is 12.1 Å². The molecule has 1 aromatic heterocycles. The van der Waals surface area contributed by atoms with Crippen molar-refractivity contribution in [2.24, 2.45) is 5.92 Å². The molecule has 2 nitrogen and oxygen atoms in total. The van der Waals surface area contributed by atoms with Gasteiger partial charge in [-0.3, -0.25) is 9.78 Å². The number of benzene rings is 1. The fourth-order valence-electron chi connectivity index (χ4n) is 2.70. The highest BCUT2D eigenvalue weighted by Crippen LogP contribution is 2.27. The number of aryl methyl sites for hydroxylation is 1. The summed E-state index contributed by atoms with van der Waals surface area (Å²) in [4.78, 5) is 16.1. The smallest absolute Gasteiger partial charge is 0.167 e. The van der Waals surface area contributed by atoms with Crippen molar-refractivity contribution < 1.29 is 9.18 Å². The molecule has 1 heterocycles. The Morgan fingerprint density at radius 3 is 2.79 bits per heavy atom. The molecule has 96 valence electrons. The van der Waals surface area contributed by atoms with Crippen molar-refractivity contribution in [1.29, 1.82) is 0 Å². The van der Waals surface area contributed by atoms with E-state index in [1.54, 1.807) is 0 Å². The van der Waals surface area contributed by atoms with Crippen molar-refractivity contribution >= 4 is 5.78 Å². The highest BCUT2D eigenvalue weighted by molar-refractivity contribution is 5.97. The third-order valence-electron chi connectivity index (χ3n) is 3.71. The minimum absolute atomic E-state index is 0.00139. The molecular formula is C16H14FNO. The van der Waals surface area contributed by atoms with Crippen LogP contribution in [0.15, 0.2) is 42.7 Å². The molecule has 3 heteroatoms. The molecule has 1 atom stereocenters. The third-order valence-corrected chi connectivity index (χ3v) is 3.71. The molecule has 19 heavy (non-hydrogen) atoms. The fraction of sp³-hybridized carbons (Fsp3) is 0.250. The first-order valence-corrected chi connectivity index (χ1v) is 6.45. The van der Waals surface area contributed by atoms with Gasteiger partial charge in [-0.15, -0.1) is 0 Å². The lowest BCUT2D eigenvalue weighted by Gasteiger charge is -2.23. The molecule has 2 aromatic rings. The molecule has 3 rings (SSSR count). The summed E-state index contributed by atoms with van der Waals surface area (Å²) in [6, 6.07) is 9.47. The molecule has 0 N–H and O–H groups in total. The van der Waals surface area contributed by atoms with Gasteiger partial charge in [0.25, 0.3) is 0 Å². The van der Waals surface area contributed by atoms with Crippen molar-refractivity contribution in [3.8, 4) is 0 Å². The van der Waals surface area contributed by atoms with Crippen molar-refractivity contribution in [3.63, 3.8) is 0 Å². The normalized spacial score (nSPS) is 17.8. The Bertz CT molecular complexity index is 624. The number of carbonyl (C=O) groups excluding carboxylic acids is 1. The van der Waals surface area contributed by atoms with Gasteiger partial charge in [-0.25, -0.2) is 4.39 Å². The lowest BCUT2D eigenvalue weighted by atomic mass is 9.80. The predicted octanol–water partition coefficient (Wildman–Crippen LogP) is 3.21. The van der Waals surface area contributed by atoms with Crippen molar-refractivity contribution in [2.75, 3.05) is 0 Å². The van der Waals surface area contributed by atoms with E-state index in [9.17, 15) is 9.18 Å². The van der Waals surface area contributed by atoms with E-state index < -0.39 is 5.82 Å². The van der Waals surface area contributed by atoms with E-state index in [0.29, 0.717) is 5.56 Å². The maximum Gasteiger partial charge on any atom is 0.167 e. The summed E-state index contributed by atoms with van der Waals surface area (Å²) < 4.78 is 13.1. The van der Waals surface area contributed by atoms with Crippen molar-refractivity contribution in [3.05, 3.63) is 65.2 Å². The standard InChI is InChI=1S/C16H14FNO/c17-15-8-14(9-18-10-15)16(19)13-6-5-11-3-1-2-4-12(11)7-13/h1-4,8-10,13H,5-7H2. The van der Waals surface area contributed by atoms with E-state index in [2.05, 4.69) is 17.1 Å². The van der Waals surface area contributed by atoms with Gasteiger partial charge in [-0.05, 0) is 36.5 Å². The van der Waals surface area contributed by atoms with Crippen molar-refractivity contribution in [1.82, 2.24) is 4.98 Å². The summed E-state index contributed by atoms with van der Waals surface area (Å²) in [6.07, 6.45) is 5.05. The first-order valence-electron chi connectivity index (χ1n) is 6.45. The van der Waals surface area contributed by atoms with Crippen LogP contribution in [-0.4, -0.2) is 10.8 Å². The highest BCUT2D eigenvalue weighted by Gasteiger charge is 2.25. The average Bonchev–Trinajstić information content (AvgIpc) is 2.46. The highest BCUT2D eigenvalue weighted by atomic mass is 19.1. The number of fused-ring (bicyclic) bond motifs is 1. The number of nitrogens with zero attached hydrogens (tertiary/aromatic N) is 1. The lowest BCUT2D eigenvalue weighted by Crippen LogP contribution is -2.23. The predicted molar refractivity (Wildman–Crippen MR) is 70.5 cm³/mol. The van der Waals surface area contributed by atoms with Crippen LogP contribution in [0.1, 0.15) is 27.9 Å². The first-order chi connectivity index (χ1) is 9.24. The fourth-order valence-corrected chi connectivity index (χ4v) is 2.70. The number of hydrogen-bond acceptors (Lipinski definition) is 2. The van der Waals surface area contributed by atoms with Crippen LogP contribution in [0.2, 0.25) is 0 Å². The Hall–Kier alpha value is -2.03. The number of halogens is 1. The van der Waals surface area contributed by atoms with Gasteiger partial charge in [0, 0.05) is 17.7 Å². The number of pyridine rings is 1. The number of ketones is 1. The van der Waals surface area contributed by atoms with Gasteiger partial charge >= 0.3 is 0 Å². The largest absolute Gasteiger partial charge is 0.294 e. The topological polar surface area (TPSA) is 30.0 Å². The minimum atomic E-state index is -0.456. The second-order valence-corrected chi connectivity index (χ2v) is 4.96. The number of rotatable bonds is 2. The molecule has 0 spiro atoms. The van der Waals surface area contributed by atoms with Crippen LogP contribution < -0.4 is 0 Å². The Balaban J connectivity index is 1.83. The van der Waals surface area contributed by atoms with E-state index in [1.165, 1.54) is 23.4 Å². The van der Waals surface area contributed by atoms with Gasteiger partial charge in [0.1, 0.15) is 5.82 Å². The summed E-state index contributed by atoms with van der Waals surface area (Å²) in [5, 5.41) is 0. The molecule has 0 radical (unpaired) electrons. The van der Waals surface area contributed by atoms with Crippen LogP contribution in [0, 0.1) is 11.7 Å². The zero-order valence-corrected chi connectivity index (χ0v) is 10.5. The molecular weight excluding hydrogens is 241 g/mol. The molecule has 0 amide bonds. The molecule has 0 bridgehead atoms. The first kappa shape index (κ1) is 12.0. The summed E-state index contributed by atoms with van der Waals surface area (Å²) in [5.41, 5.74) is 2.93.